The number of amides is 1. The van der Waals surface area contributed by atoms with Crippen molar-refractivity contribution >= 4 is 45.2 Å². The lowest BCUT2D eigenvalue weighted by atomic mass is 10.1. The van der Waals surface area contributed by atoms with Gasteiger partial charge in [-0.05, 0) is 25.0 Å². The Hall–Kier alpha value is -2.93. The molecule has 0 bridgehead atoms. The van der Waals surface area contributed by atoms with E-state index in [-0.39, 0.29) is 11.9 Å². The van der Waals surface area contributed by atoms with Gasteiger partial charge in [0.1, 0.15) is 5.69 Å². The smallest absolute Gasteiger partial charge is 0.230 e. The number of aliphatic imine (C=N–C) groups is 1. The average Bonchev–Trinajstić information content (AvgIpc) is 3.06. The zero-order valence-electron chi connectivity index (χ0n) is 16.6. The number of carbonyl (C=O) groups is 1. The van der Waals surface area contributed by atoms with Gasteiger partial charge in [-0.2, -0.15) is 0 Å². The van der Waals surface area contributed by atoms with Crippen molar-refractivity contribution < 1.29 is 4.79 Å². The fourth-order valence-electron chi connectivity index (χ4n) is 3.53. The maximum absolute atomic E-state index is 12.4. The Bertz CT molecular complexity index is 1040. The summed E-state index contributed by atoms with van der Waals surface area (Å²) in [6, 6.07) is 18.2. The van der Waals surface area contributed by atoms with E-state index in [0.29, 0.717) is 10.9 Å². The lowest BCUT2D eigenvalue weighted by Gasteiger charge is -2.19. The van der Waals surface area contributed by atoms with Gasteiger partial charge in [0.2, 0.25) is 5.91 Å². The molecule has 2 heterocycles. The van der Waals surface area contributed by atoms with Crippen molar-refractivity contribution in [1.29, 1.82) is 0 Å². The first-order valence-electron chi connectivity index (χ1n) is 9.86. The highest BCUT2D eigenvalue weighted by atomic mass is 32.2. The van der Waals surface area contributed by atoms with Gasteiger partial charge in [0.25, 0.3) is 0 Å². The van der Waals surface area contributed by atoms with Crippen LogP contribution in [0.15, 0.2) is 59.6 Å². The van der Waals surface area contributed by atoms with E-state index in [1.807, 2.05) is 49.4 Å². The van der Waals surface area contributed by atoms with Gasteiger partial charge in [-0.25, -0.2) is 4.99 Å². The third-order valence-corrected chi connectivity index (χ3v) is 5.78. The number of anilines is 1. The number of rotatable bonds is 6. The van der Waals surface area contributed by atoms with Crippen molar-refractivity contribution in [2.24, 2.45) is 4.99 Å². The van der Waals surface area contributed by atoms with Gasteiger partial charge in [-0.15, -0.1) is 0 Å². The maximum atomic E-state index is 12.4. The van der Waals surface area contributed by atoms with Crippen LogP contribution in [0.2, 0.25) is 0 Å². The molecule has 0 saturated heterocycles. The number of carbonyl (C=O) groups excluding carboxylic acids is 1. The number of nitrogens with zero attached hydrogens (tertiary/aromatic N) is 2. The van der Waals surface area contributed by atoms with Crippen molar-refractivity contribution in [3.8, 4) is 0 Å². The molecular formula is C22H25N5OS. The van der Waals surface area contributed by atoms with E-state index < -0.39 is 0 Å². The summed E-state index contributed by atoms with van der Waals surface area (Å²) < 4.78 is 2.23. The first-order chi connectivity index (χ1) is 14.2. The number of thioether (sulfide) groups is 1. The molecule has 1 aliphatic heterocycles. The van der Waals surface area contributed by atoms with E-state index in [1.165, 1.54) is 11.8 Å². The van der Waals surface area contributed by atoms with Crippen molar-refractivity contribution in [2.45, 2.75) is 32.9 Å². The molecule has 0 saturated carbocycles. The SMILES string of the molecule is CCCn1c2c(c3ccccc31)NNC(SCC(=O)NC(C)c1ccccc1)=N2. The summed E-state index contributed by atoms with van der Waals surface area (Å²) in [5.74, 6) is 1.19. The lowest BCUT2D eigenvalue weighted by Crippen LogP contribution is -2.33. The minimum absolute atomic E-state index is 0.0178. The highest BCUT2D eigenvalue weighted by Crippen LogP contribution is 2.39. The number of hydrogen-bond donors (Lipinski definition) is 3. The van der Waals surface area contributed by atoms with E-state index >= 15 is 0 Å². The van der Waals surface area contributed by atoms with Gasteiger partial charge in [0.15, 0.2) is 11.0 Å². The largest absolute Gasteiger partial charge is 0.349 e. The first-order valence-corrected chi connectivity index (χ1v) is 10.8. The third-order valence-electron chi connectivity index (χ3n) is 4.91. The van der Waals surface area contributed by atoms with Crippen molar-refractivity contribution in [3.63, 3.8) is 0 Å². The fourth-order valence-corrected chi connectivity index (χ4v) is 4.16. The molecule has 3 N–H and O–H groups in total. The summed E-state index contributed by atoms with van der Waals surface area (Å²) in [6.07, 6.45) is 1.02. The van der Waals surface area contributed by atoms with Crippen LogP contribution in [0.1, 0.15) is 31.9 Å². The van der Waals surface area contributed by atoms with E-state index in [9.17, 15) is 4.79 Å². The molecule has 4 rings (SSSR count). The van der Waals surface area contributed by atoms with Crippen LogP contribution in [0.3, 0.4) is 0 Å². The predicted molar refractivity (Wildman–Crippen MR) is 122 cm³/mol. The van der Waals surface area contributed by atoms with Gasteiger partial charge < -0.3 is 9.88 Å². The number of hydrazine groups is 1. The number of nitrogens with one attached hydrogen (secondary N) is 3. The van der Waals surface area contributed by atoms with Crippen LogP contribution in [-0.4, -0.2) is 21.4 Å². The number of hydrogen-bond acceptors (Lipinski definition) is 5. The van der Waals surface area contributed by atoms with E-state index in [4.69, 9.17) is 4.99 Å². The zero-order valence-corrected chi connectivity index (χ0v) is 17.4. The highest BCUT2D eigenvalue weighted by molar-refractivity contribution is 8.14. The van der Waals surface area contributed by atoms with E-state index in [2.05, 4.69) is 39.8 Å². The molecule has 1 aromatic heterocycles. The second kappa shape index (κ2) is 8.61. The van der Waals surface area contributed by atoms with Gasteiger partial charge in [-0.1, -0.05) is 67.2 Å². The summed E-state index contributed by atoms with van der Waals surface area (Å²) in [4.78, 5) is 17.2. The molecule has 0 radical (unpaired) electrons. The van der Waals surface area contributed by atoms with Crippen molar-refractivity contribution in [2.75, 3.05) is 11.2 Å². The van der Waals surface area contributed by atoms with Gasteiger partial charge in [-0.3, -0.25) is 15.6 Å². The van der Waals surface area contributed by atoms with Crippen LogP contribution in [0.25, 0.3) is 10.9 Å². The maximum Gasteiger partial charge on any atom is 0.230 e. The topological polar surface area (TPSA) is 70.5 Å². The Kier molecular flexibility index (Phi) is 5.76. The van der Waals surface area contributed by atoms with Crippen LogP contribution in [0.5, 0.6) is 0 Å². The lowest BCUT2D eigenvalue weighted by molar-refractivity contribution is -0.119. The molecule has 0 spiro atoms. The van der Waals surface area contributed by atoms with Crippen molar-refractivity contribution in [1.82, 2.24) is 15.3 Å². The van der Waals surface area contributed by atoms with Crippen LogP contribution in [0.4, 0.5) is 11.5 Å². The molecule has 1 aliphatic rings. The van der Waals surface area contributed by atoms with E-state index in [1.54, 1.807) is 0 Å². The van der Waals surface area contributed by atoms with Crippen LogP contribution < -0.4 is 16.2 Å². The van der Waals surface area contributed by atoms with Crippen molar-refractivity contribution in [3.05, 3.63) is 60.2 Å². The second-order valence-electron chi connectivity index (χ2n) is 7.02. The molecule has 1 atom stereocenters. The Morgan fingerprint density at radius 1 is 1.14 bits per heavy atom. The molecule has 1 unspecified atom stereocenters. The first kappa shape index (κ1) is 19.4. The molecular weight excluding hydrogens is 382 g/mol. The molecule has 1 amide bonds. The number of fused-ring (bicyclic) bond motifs is 3. The Labute approximate surface area is 174 Å². The predicted octanol–water partition coefficient (Wildman–Crippen LogP) is 4.58. The second-order valence-corrected chi connectivity index (χ2v) is 7.99. The Morgan fingerprint density at radius 2 is 1.90 bits per heavy atom. The molecule has 150 valence electrons. The standard InChI is InChI=1S/C22H25N5OS/c1-3-13-27-18-12-8-7-11-17(18)20-21(27)24-22(26-25-20)29-14-19(28)23-15(2)16-9-5-4-6-10-16/h4-12,15,25H,3,13-14H2,1-2H3,(H,23,28)(H,24,26). The monoisotopic (exact) mass is 407 g/mol. The molecule has 6 nitrogen and oxygen atoms in total. The highest BCUT2D eigenvalue weighted by Gasteiger charge is 2.21. The molecule has 2 aromatic carbocycles. The van der Waals surface area contributed by atoms with E-state index in [0.717, 1.165) is 40.9 Å². The summed E-state index contributed by atoms with van der Waals surface area (Å²) >= 11 is 1.39. The number of aryl methyl sites for hydroxylation is 1. The third kappa shape index (κ3) is 4.10. The van der Waals surface area contributed by atoms with Gasteiger partial charge in [0.05, 0.1) is 17.3 Å². The minimum Gasteiger partial charge on any atom is -0.349 e. The van der Waals surface area contributed by atoms with Crippen LogP contribution in [-0.2, 0) is 11.3 Å². The Balaban J connectivity index is 1.46. The molecule has 3 aromatic rings. The number of aromatic nitrogens is 1. The summed E-state index contributed by atoms with van der Waals surface area (Å²) in [5, 5.41) is 4.88. The summed E-state index contributed by atoms with van der Waals surface area (Å²) in [7, 11) is 0. The normalized spacial score (nSPS) is 13.8. The van der Waals surface area contributed by atoms with Gasteiger partial charge >= 0.3 is 0 Å². The zero-order chi connectivity index (χ0) is 20.2. The minimum atomic E-state index is -0.0256. The van der Waals surface area contributed by atoms with Crippen LogP contribution >= 0.6 is 11.8 Å². The fraction of sp³-hybridized carbons (Fsp3) is 0.273. The number of benzene rings is 2. The molecule has 29 heavy (non-hydrogen) atoms. The summed E-state index contributed by atoms with van der Waals surface area (Å²) in [5.41, 5.74) is 9.65. The molecule has 0 fully saturated rings. The molecule has 7 heteroatoms. The Morgan fingerprint density at radius 3 is 2.69 bits per heavy atom. The average molecular weight is 408 g/mol. The number of para-hydroxylation sites is 1. The number of amidine groups is 1. The molecule has 0 aliphatic carbocycles. The van der Waals surface area contributed by atoms with Crippen LogP contribution in [0, 0.1) is 0 Å². The summed E-state index contributed by atoms with van der Waals surface area (Å²) in [6.45, 7) is 5.05. The van der Waals surface area contributed by atoms with Gasteiger partial charge in [0, 0.05) is 11.9 Å². The quantitative estimate of drug-likeness (QED) is 0.559.